The topological polar surface area (TPSA) is 97.8 Å². The minimum Gasteiger partial charge on any atom is -0.490 e. The standard InChI is InChI=1S/C31H28ClF2N5O4/c1-2-4-30(40)37-27-14-22-25(17-29(27)42-12-9-39-7-10-41-11-8-39)35-19-36-31(22)38-26-15-23(32)28(16-24(26)34)43-18-20-5-3-6-21(33)13-20/h3,5-6,13-17,19H,7-12,18H2,1H3,(H,37,40)(H,35,36,38). The second-order valence-electron chi connectivity index (χ2n) is 9.53. The maximum absolute atomic E-state index is 15.2. The van der Waals surface area contributed by atoms with E-state index in [0.717, 1.165) is 19.2 Å². The number of nitrogens with zero attached hydrogens (tertiary/aromatic N) is 3. The number of rotatable bonds is 10. The van der Waals surface area contributed by atoms with Gasteiger partial charge < -0.3 is 24.8 Å². The zero-order valence-corrected chi connectivity index (χ0v) is 24.0. The number of nitrogens with one attached hydrogen (secondary N) is 2. The van der Waals surface area contributed by atoms with Crippen molar-refractivity contribution in [2.75, 3.05) is 50.1 Å². The first-order valence-electron chi connectivity index (χ1n) is 13.5. The lowest BCUT2D eigenvalue weighted by molar-refractivity contribution is -0.111. The Morgan fingerprint density at radius 1 is 1.07 bits per heavy atom. The molecule has 222 valence electrons. The summed E-state index contributed by atoms with van der Waals surface area (Å²) in [4.78, 5) is 23.2. The first-order valence-corrected chi connectivity index (χ1v) is 13.9. The summed E-state index contributed by atoms with van der Waals surface area (Å²) in [6.07, 6.45) is 1.33. The van der Waals surface area contributed by atoms with E-state index in [2.05, 4.69) is 37.3 Å². The maximum Gasteiger partial charge on any atom is 0.300 e. The predicted molar refractivity (Wildman–Crippen MR) is 160 cm³/mol. The van der Waals surface area contributed by atoms with Crippen LogP contribution in [0.1, 0.15) is 12.5 Å². The summed E-state index contributed by atoms with van der Waals surface area (Å²) in [5, 5.41) is 6.34. The molecule has 0 bridgehead atoms. The van der Waals surface area contributed by atoms with Crippen LogP contribution in [0, 0.1) is 23.5 Å². The molecule has 0 radical (unpaired) electrons. The van der Waals surface area contributed by atoms with Crippen molar-refractivity contribution < 1.29 is 27.8 Å². The molecule has 0 aliphatic carbocycles. The number of hydrogen-bond donors (Lipinski definition) is 2. The highest BCUT2D eigenvalue weighted by Crippen LogP contribution is 2.36. The van der Waals surface area contributed by atoms with Crippen molar-refractivity contribution >= 4 is 45.6 Å². The lowest BCUT2D eigenvalue weighted by Gasteiger charge is -2.26. The van der Waals surface area contributed by atoms with Crippen molar-refractivity contribution in [3.63, 3.8) is 0 Å². The molecule has 1 aliphatic rings. The first kappa shape index (κ1) is 30.0. The van der Waals surface area contributed by atoms with E-state index in [-0.39, 0.29) is 28.9 Å². The number of benzene rings is 3. The fourth-order valence-electron chi connectivity index (χ4n) is 4.43. The quantitative estimate of drug-likeness (QED) is 0.226. The molecule has 0 spiro atoms. The molecular formula is C31H28ClF2N5O4. The highest BCUT2D eigenvalue weighted by molar-refractivity contribution is 6.32. The predicted octanol–water partition coefficient (Wildman–Crippen LogP) is 5.56. The van der Waals surface area contributed by atoms with Crippen LogP contribution in [0.15, 0.2) is 54.9 Å². The third-order valence-corrected chi connectivity index (χ3v) is 6.85. The van der Waals surface area contributed by atoms with Crippen LogP contribution in [-0.2, 0) is 16.1 Å². The molecule has 3 aromatic carbocycles. The fourth-order valence-corrected chi connectivity index (χ4v) is 4.65. The highest BCUT2D eigenvalue weighted by Gasteiger charge is 2.17. The van der Waals surface area contributed by atoms with Crippen molar-refractivity contribution in [1.82, 2.24) is 14.9 Å². The van der Waals surface area contributed by atoms with Gasteiger partial charge in [0.1, 0.15) is 48.5 Å². The van der Waals surface area contributed by atoms with Gasteiger partial charge >= 0.3 is 0 Å². The molecule has 0 unspecified atom stereocenters. The van der Waals surface area contributed by atoms with Crippen LogP contribution in [-0.4, -0.2) is 60.2 Å². The van der Waals surface area contributed by atoms with E-state index in [4.69, 9.17) is 25.8 Å². The van der Waals surface area contributed by atoms with E-state index in [1.54, 1.807) is 31.2 Å². The number of morpholine rings is 1. The van der Waals surface area contributed by atoms with E-state index in [0.29, 0.717) is 54.3 Å². The van der Waals surface area contributed by atoms with Gasteiger partial charge in [-0.3, -0.25) is 9.69 Å². The van der Waals surface area contributed by atoms with Crippen LogP contribution in [0.2, 0.25) is 5.02 Å². The number of ether oxygens (including phenoxy) is 3. The number of aromatic nitrogens is 2. The number of fused-ring (bicyclic) bond motifs is 1. The Morgan fingerprint density at radius 2 is 1.91 bits per heavy atom. The van der Waals surface area contributed by atoms with Crippen LogP contribution in [0.25, 0.3) is 10.9 Å². The zero-order valence-electron chi connectivity index (χ0n) is 23.3. The smallest absolute Gasteiger partial charge is 0.300 e. The van der Waals surface area contributed by atoms with Gasteiger partial charge in [0.15, 0.2) is 0 Å². The molecule has 43 heavy (non-hydrogen) atoms. The van der Waals surface area contributed by atoms with Gasteiger partial charge in [-0.15, -0.1) is 0 Å². The Balaban J connectivity index is 1.38. The molecule has 4 aromatic rings. The third kappa shape index (κ3) is 7.87. The number of hydrogen-bond acceptors (Lipinski definition) is 8. The van der Waals surface area contributed by atoms with Crippen molar-refractivity contribution in [3.8, 4) is 23.3 Å². The average Bonchev–Trinajstić information content (AvgIpc) is 2.99. The normalized spacial score (nSPS) is 13.2. The lowest BCUT2D eigenvalue weighted by atomic mass is 10.1. The van der Waals surface area contributed by atoms with Crippen molar-refractivity contribution in [2.45, 2.75) is 13.5 Å². The van der Waals surface area contributed by atoms with Crippen molar-refractivity contribution in [2.24, 2.45) is 0 Å². The summed E-state index contributed by atoms with van der Waals surface area (Å²) < 4.78 is 45.7. The monoisotopic (exact) mass is 607 g/mol. The van der Waals surface area contributed by atoms with Crippen LogP contribution in [0.4, 0.5) is 26.0 Å². The van der Waals surface area contributed by atoms with Crippen LogP contribution < -0.4 is 20.1 Å². The first-order chi connectivity index (χ1) is 20.9. The SMILES string of the molecule is CC#CC(=O)Nc1cc2c(Nc3cc(Cl)c(OCc4cccc(F)c4)cc3F)ncnc2cc1OCCN1CCOCC1. The zero-order chi connectivity index (χ0) is 30.2. The second-order valence-corrected chi connectivity index (χ2v) is 9.93. The van der Waals surface area contributed by atoms with E-state index in [1.807, 2.05) is 0 Å². The molecule has 12 heteroatoms. The van der Waals surface area contributed by atoms with Gasteiger partial charge in [-0.1, -0.05) is 29.7 Å². The number of anilines is 3. The molecule has 1 aromatic heterocycles. The fraction of sp³-hybridized carbons (Fsp3) is 0.258. The third-order valence-electron chi connectivity index (χ3n) is 6.55. The van der Waals surface area contributed by atoms with Gasteiger partial charge in [-0.25, -0.2) is 18.7 Å². The van der Waals surface area contributed by atoms with E-state index < -0.39 is 17.5 Å². The van der Waals surface area contributed by atoms with Crippen LogP contribution in [0.5, 0.6) is 11.5 Å². The number of amides is 1. The molecular weight excluding hydrogens is 580 g/mol. The molecule has 0 saturated carbocycles. The van der Waals surface area contributed by atoms with E-state index in [9.17, 15) is 9.18 Å². The summed E-state index contributed by atoms with van der Waals surface area (Å²) >= 11 is 6.40. The molecule has 0 atom stereocenters. The minimum atomic E-state index is -0.653. The van der Waals surface area contributed by atoms with Crippen LogP contribution >= 0.6 is 11.6 Å². The van der Waals surface area contributed by atoms with Gasteiger partial charge in [0, 0.05) is 37.2 Å². The van der Waals surface area contributed by atoms with E-state index in [1.165, 1.54) is 24.5 Å². The molecule has 2 N–H and O–H groups in total. The van der Waals surface area contributed by atoms with Crippen LogP contribution in [0.3, 0.4) is 0 Å². The summed E-state index contributed by atoms with van der Waals surface area (Å²) in [5.74, 6) is 4.23. The van der Waals surface area contributed by atoms with Gasteiger partial charge in [0.2, 0.25) is 0 Å². The molecule has 9 nitrogen and oxygen atoms in total. The second kappa shape index (κ2) is 14.1. The van der Waals surface area contributed by atoms with Gasteiger partial charge in [0.25, 0.3) is 5.91 Å². The molecule has 2 heterocycles. The summed E-state index contributed by atoms with van der Waals surface area (Å²) in [5.41, 5.74) is 1.47. The largest absolute Gasteiger partial charge is 0.490 e. The highest BCUT2D eigenvalue weighted by atomic mass is 35.5. The summed E-state index contributed by atoms with van der Waals surface area (Å²) in [6.45, 7) is 5.62. The molecule has 1 amide bonds. The molecule has 1 aliphatic heterocycles. The Morgan fingerprint density at radius 3 is 2.70 bits per heavy atom. The Hall–Kier alpha value is -4.50. The number of halogens is 3. The molecule has 5 rings (SSSR count). The van der Waals surface area contributed by atoms with E-state index >= 15 is 4.39 Å². The lowest BCUT2D eigenvalue weighted by Crippen LogP contribution is -2.38. The van der Waals surface area contributed by atoms with Crippen molar-refractivity contribution in [3.05, 3.63) is 77.1 Å². The number of carbonyl (C=O) groups is 1. The minimum absolute atomic E-state index is 0.00794. The van der Waals surface area contributed by atoms with Gasteiger partial charge in [0.05, 0.1) is 35.1 Å². The van der Waals surface area contributed by atoms with Gasteiger partial charge in [-0.05, 0) is 42.7 Å². The van der Waals surface area contributed by atoms with Gasteiger partial charge in [-0.2, -0.15) is 0 Å². The summed E-state index contributed by atoms with van der Waals surface area (Å²) in [6, 6.07) is 11.7. The Labute approximate surface area is 252 Å². The summed E-state index contributed by atoms with van der Waals surface area (Å²) in [7, 11) is 0. The Kier molecular flexibility index (Phi) is 9.84. The Bertz CT molecular complexity index is 1690. The molecule has 1 fully saturated rings. The molecule has 1 saturated heterocycles. The van der Waals surface area contributed by atoms with Crippen molar-refractivity contribution in [1.29, 1.82) is 0 Å². The average molecular weight is 608 g/mol. The number of carbonyl (C=O) groups excluding carboxylic acids is 1. The maximum atomic E-state index is 15.2.